The Balaban J connectivity index is 2.27. The van der Waals surface area contributed by atoms with E-state index in [2.05, 4.69) is 22.9 Å². The highest BCUT2D eigenvalue weighted by molar-refractivity contribution is 9.10. The molecule has 0 unspecified atom stereocenters. The number of unbranched alkanes of at least 4 members (excludes halogenated alkanes) is 1. The molecule has 4 heteroatoms. The number of rotatable bonds is 8. The van der Waals surface area contributed by atoms with Crippen molar-refractivity contribution in [1.82, 2.24) is 0 Å². The number of benzene rings is 1. The zero-order valence-electron chi connectivity index (χ0n) is 10.0. The van der Waals surface area contributed by atoms with Crippen LogP contribution in [0.4, 0.5) is 0 Å². The van der Waals surface area contributed by atoms with Crippen LogP contribution in [0.5, 0.6) is 5.75 Å². The highest BCUT2D eigenvalue weighted by Crippen LogP contribution is 2.26. The van der Waals surface area contributed by atoms with Crippen LogP contribution in [0.25, 0.3) is 0 Å². The van der Waals surface area contributed by atoms with Gasteiger partial charge in [0.05, 0.1) is 11.1 Å². The zero-order valence-corrected chi connectivity index (χ0v) is 12.4. The van der Waals surface area contributed by atoms with Crippen LogP contribution in [-0.2, 0) is 10.6 Å². The molecule has 0 N–H and O–H groups in total. The molecule has 0 bridgehead atoms. The van der Waals surface area contributed by atoms with Crippen molar-refractivity contribution in [3.05, 3.63) is 28.2 Å². The van der Waals surface area contributed by atoms with Crippen LogP contribution in [0.1, 0.15) is 25.3 Å². The first-order valence-electron chi connectivity index (χ1n) is 5.83. The second-order valence-corrected chi connectivity index (χ2v) is 4.83. The predicted molar refractivity (Wildman–Crippen MR) is 74.9 cm³/mol. The Morgan fingerprint density at radius 2 is 2.06 bits per heavy atom. The Bertz CT molecular complexity index is 331. The van der Waals surface area contributed by atoms with Crippen LogP contribution >= 0.6 is 27.5 Å². The summed E-state index contributed by atoms with van der Waals surface area (Å²) in [5.74, 6) is 1.34. The molecule has 0 saturated carbocycles. The minimum absolute atomic E-state index is 0.513. The number of halogens is 2. The maximum Gasteiger partial charge on any atom is 0.133 e. The fraction of sp³-hybridized carbons (Fsp3) is 0.538. The van der Waals surface area contributed by atoms with Crippen molar-refractivity contribution in [3.63, 3.8) is 0 Å². The van der Waals surface area contributed by atoms with Crippen molar-refractivity contribution in [2.45, 2.75) is 25.6 Å². The van der Waals surface area contributed by atoms with Crippen LogP contribution in [0.15, 0.2) is 22.7 Å². The highest BCUT2D eigenvalue weighted by atomic mass is 79.9. The van der Waals surface area contributed by atoms with Gasteiger partial charge in [-0.05, 0) is 40.0 Å². The van der Waals surface area contributed by atoms with Crippen molar-refractivity contribution in [2.24, 2.45) is 0 Å². The molecule has 1 aromatic rings. The summed E-state index contributed by atoms with van der Waals surface area (Å²) >= 11 is 9.20. The van der Waals surface area contributed by atoms with E-state index in [0.717, 1.165) is 35.2 Å². The minimum atomic E-state index is 0.513. The van der Waals surface area contributed by atoms with Gasteiger partial charge in [-0.15, -0.1) is 11.6 Å². The molecular formula is C13H18BrClO2. The van der Waals surface area contributed by atoms with Gasteiger partial charge < -0.3 is 9.47 Å². The van der Waals surface area contributed by atoms with Gasteiger partial charge in [-0.2, -0.15) is 0 Å². The second-order valence-electron chi connectivity index (χ2n) is 3.71. The Kier molecular flexibility index (Phi) is 7.65. The van der Waals surface area contributed by atoms with Gasteiger partial charge >= 0.3 is 0 Å². The largest absolute Gasteiger partial charge is 0.490 e. The summed E-state index contributed by atoms with van der Waals surface area (Å²) in [5.41, 5.74) is 1.07. The summed E-state index contributed by atoms with van der Waals surface area (Å²) in [5, 5.41) is 0. The molecule has 0 atom stereocenters. The molecule has 96 valence electrons. The first-order chi connectivity index (χ1) is 8.27. The maximum absolute atomic E-state index is 5.74. The molecule has 0 saturated heterocycles. The van der Waals surface area contributed by atoms with E-state index in [1.807, 2.05) is 18.2 Å². The van der Waals surface area contributed by atoms with Gasteiger partial charge in [0.25, 0.3) is 0 Å². The fourth-order valence-electron chi connectivity index (χ4n) is 1.30. The normalized spacial score (nSPS) is 10.5. The predicted octanol–water partition coefficient (Wildman–Crippen LogP) is 4.38. The van der Waals surface area contributed by atoms with Gasteiger partial charge in [-0.3, -0.25) is 0 Å². The van der Waals surface area contributed by atoms with Crippen LogP contribution in [0, 0.1) is 0 Å². The summed E-state index contributed by atoms with van der Waals surface area (Å²) < 4.78 is 12.0. The topological polar surface area (TPSA) is 18.5 Å². The van der Waals surface area contributed by atoms with Crippen LogP contribution in [-0.4, -0.2) is 19.8 Å². The van der Waals surface area contributed by atoms with Crippen molar-refractivity contribution >= 4 is 27.5 Å². The lowest BCUT2D eigenvalue weighted by Crippen LogP contribution is -2.07. The molecule has 0 heterocycles. The van der Waals surface area contributed by atoms with Gasteiger partial charge in [0.1, 0.15) is 12.4 Å². The Morgan fingerprint density at radius 1 is 1.24 bits per heavy atom. The second kappa shape index (κ2) is 8.78. The average molecular weight is 322 g/mol. The van der Waals surface area contributed by atoms with E-state index >= 15 is 0 Å². The van der Waals surface area contributed by atoms with E-state index in [1.165, 1.54) is 0 Å². The summed E-state index contributed by atoms with van der Waals surface area (Å²) in [6.07, 6.45) is 2.26. The molecule has 0 aliphatic rings. The zero-order chi connectivity index (χ0) is 12.5. The Labute approximate surface area is 116 Å². The smallest absolute Gasteiger partial charge is 0.133 e. The third-order valence-corrected chi connectivity index (χ3v) is 3.21. The molecule has 0 radical (unpaired) electrons. The SMILES string of the molecule is CCCCOCCOc1ccc(CCl)cc1Br. The molecule has 0 spiro atoms. The fourth-order valence-corrected chi connectivity index (χ4v) is 2.01. The molecule has 0 amide bonds. The van der Waals surface area contributed by atoms with Crippen LogP contribution in [0.2, 0.25) is 0 Å². The number of alkyl halides is 1. The number of hydrogen-bond acceptors (Lipinski definition) is 2. The summed E-state index contributed by atoms with van der Waals surface area (Å²) in [7, 11) is 0. The molecule has 1 aromatic carbocycles. The van der Waals surface area contributed by atoms with Crippen LogP contribution in [0.3, 0.4) is 0 Å². The molecule has 0 aliphatic carbocycles. The first kappa shape index (κ1) is 14.8. The number of hydrogen-bond donors (Lipinski definition) is 0. The van der Waals surface area contributed by atoms with Crippen molar-refractivity contribution < 1.29 is 9.47 Å². The standard InChI is InChI=1S/C13H18BrClO2/c1-2-3-6-16-7-8-17-13-5-4-11(10-15)9-12(13)14/h4-5,9H,2-3,6-8,10H2,1H3. The quantitative estimate of drug-likeness (QED) is 0.522. The third kappa shape index (κ3) is 5.75. The summed E-state index contributed by atoms with van der Waals surface area (Å²) in [4.78, 5) is 0. The van der Waals surface area contributed by atoms with Gasteiger partial charge in [0.2, 0.25) is 0 Å². The minimum Gasteiger partial charge on any atom is -0.490 e. The van der Waals surface area contributed by atoms with E-state index in [0.29, 0.717) is 19.1 Å². The van der Waals surface area contributed by atoms with Gasteiger partial charge in [0, 0.05) is 12.5 Å². The van der Waals surface area contributed by atoms with E-state index < -0.39 is 0 Å². The van der Waals surface area contributed by atoms with Crippen molar-refractivity contribution in [1.29, 1.82) is 0 Å². The molecule has 0 aromatic heterocycles. The molecule has 0 fully saturated rings. The lowest BCUT2D eigenvalue weighted by molar-refractivity contribution is 0.0978. The average Bonchev–Trinajstić information content (AvgIpc) is 2.35. The lowest BCUT2D eigenvalue weighted by atomic mass is 10.2. The molecule has 2 nitrogen and oxygen atoms in total. The highest BCUT2D eigenvalue weighted by Gasteiger charge is 2.02. The maximum atomic E-state index is 5.74. The molecule has 17 heavy (non-hydrogen) atoms. The van der Waals surface area contributed by atoms with E-state index in [9.17, 15) is 0 Å². The molecule has 0 aliphatic heterocycles. The van der Waals surface area contributed by atoms with Gasteiger partial charge in [-0.25, -0.2) is 0 Å². The third-order valence-electron chi connectivity index (χ3n) is 2.28. The van der Waals surface area contributed by atoms with Crippen LogP contribution < -0.4 is 4.74 Å². The van der Waals surface area contributed by atoms with Crippen molar-refractivity contribution in [2.75, 3.05) is 19.8 Å². The Morgan fingerprint density at radius 3 is 2.71 bits per heavy atom. The Hall–Kier alpha value is -0.250. The lowest BCUT2D eigenvalue weighted by Gasteiger charge is -2.09. The van der Waals surface area contributed by atoms with Gasteiger partial charge in [0.15, 0.2) is 0 Å². The van der Waals surface area contributed by atoms with Gasteiger partial charge in [-0.1, -0.05) is 19.4 Å². The first-order valence-corrected chi connectivity index (χ1v) is 7.15. The summed E-state index contributed by atoms with van der Waals surface area (Å²) in [6.45, 7) is 4.16. The monoisotopic (exact) mass is 320 g/mol. The van der Waals surface area contributed by atoms with E-state index in [4.69, 9.17) is 21.1 Å². The molecule has 1 rings (SSSR count). The molecular weight excluding hydrogens is 303 g/mol. The van der Waals surface area contributed by atoms with Crippen molar-refractivity contribution in [3.8, 4) is 5.75 Å². The van der Waals surface area contributed by atoms with E-state index in [1.54, 1.807) is 0 Å². The number of ether oxygens (including phenoxy) is 2. The van der Waals surface area contributed by atoms with E-state index in [-0.39, 0.29) is 0 Å². The summed E-state index contributed by atoms with van der Waals surface area (Å²) in [6, 6.07) is 5.86.